The number of carbonyl (C=O) groups excluding carboxylic acids is 1. The second-order valence-electron chi connectivity index (χ2n) is 6.37. The van der Waals surface area contributed by atoms with Crippen LogP contribution in [-0.4, -0.2) is 56.3 Å². The van der Waals surface area contributed by atoms with Crippen LogP contribution in [0.4, 0.5) is 0 Å². The highest BCUT2D eigenvalue weighted by Gasteiger charge is 2.23. The highest BCUT2D eigenvalue weighted by molar-refractivity contribution is 5.94. The summed E-state index contributed by atoms with van der Waals surface area (Å²) in [5.41, 5.74) is 0.691. The van der Waals surface area contributed by atoms with Crippen LogP contribution in [0.25, 0.3) is 0 Å². The minimum absolute atomic E-state index is 0. The number of hydrogen-bond donors (Lipinski definition) is 1. The topological polar surface area (TPSA) is 50.8 Å². The van der Waals surface area contributed by atoms with Crippen LogP contribution < -0.4 is 10.1 Å². The summed E-state index contributed by atoms with van der Waals surface area (Å²) in [6.45, 7) is 3.34. The van der Waals surface area contributed by atoms with E-state index < -0.39 is 0 Å². The Morgan fingerprint density at radius 2 is 2.12 bits per heavy atom. The smallest absolute Gasteiger partial charge is 0.253 e. The summed E-state index contributed by atoms with van der Waals surface area (Å²) in [5.74, 6) is 0.810. The first-order valence-electron chi connectivity index (χ1n) is 8.56. The highest BCUT2D eigenvalue weighted by Crippen LogP contribution is 2.19. The van der Waals surface area contributed by atoms with E-state index >= 15 is 0 Å². The molecule has 2 aliphatic rings. The number of amides is 1. The predicted octanol–water partition coefficient (Wildman–Crippen LogP) is 2.49. The fourth-order valence-electron chi connectivity index (χ4n) is 3.25. The molecular formula is C18H27ClN2O3. The van der Waals surface area contributed by atoms with Crippen molar-refractivity contribution in [1.29, 1.82) is 0 Å². The van der Waals surface area contributed by atoms with E-state index in [1.165, 1.54) is 0 Å². The number of nitrogens with one attached hydrogen (secondary N) is 1. The zero-order valence-electron chi connectivity index (χ0n) is 14.2. The Balaban J connectivity index is 0.00000208. The van der Waals surface area contributed by atoms with E-state index in [-0.39, 0.29) is 24.4 Å². The normalized spacial score (nSPS) is 21.1. The van der Waals surface area contributed by atoms with Gasteiger partial charge in [-0.25, -0.2) is 0 Å². The third-order valence-electron chi connectivity index (χ3n) is 4.72. The number of rotatable bonds is 5. The van der Waals surface area contributed by atoms with Gasteiger partial charge in [0.05, 0.1) is 6.10 Å². The maximum atomic E-state index is 12.7. The maximum Gasteiger partial charge on any atom is 0.253 e. The summed E-state index contributed by atoms with van der Waals surface area (Å²) in [7, 11) is 1.90. The summed E-state index contributed by atoms with van der Waals surface area (Å²) in [5, 5.41) is 3.33. The van der Waals surface area contributed by atoms with Crippen molar-refractivity contribution in [1.82, 2.24) is 10.2 Å². The third kappa shape index (κ3) is 4.85. The van der Waals surface area contributed by atoms with Crippen LogP contribution in [0.5, 0.6) is 5.75 Å². The molecular weight excluding hydrogens is 328 g/mol. The standard InChI is InChI=1S/C18H26N2O3.ClH/c1-20(15-7-9-19-10-8-15)18(21)14-4-2-5-16(12-14)23-13-17-6-3-11-22-17;/h2,4-5,12,15,17,19H,3,6-11,13H2,1H3;1H. The van der Waals surface area contributed by atoms with Crippen molar-refractivity contribution in [2.45, 2.75) is 37.8 Å². The van der Waals surface area contributed by atoms with Crippen LogP contribution in [0, 0.1) is 0 Å². The summed E-state index contributed by atoms with van der Waals surface area (Å²) in [6.07, 6.45) is 4.37. The summed E-state index contributed by atoms with van der Waals surface area (Å²) in [4.78, 5) is 14.6. The monoisotopic (exact) mass is 354 g/mol. The van der Waals surface area contributed by atoms with Gasteiger partial charge in [-0.15, -0.1) is 12.4 Å². The van der Waals surface area contributed by atoms with Crippen molar-refractivity contribution in [2.24, 2.45) is 0 Å². The fraction of sp³-hybridized carbons (Fsp3) is 0.611. The van der Waals surface area contributed by atoms with Gasteiger partial charge in [-0.3, -0.25) is 4.79 Å². The van der Waals surface area contributed by atoms with Gasteiger partial charge < -0.3 is 19.7 Å². The van der Waals surface area contributed by atoms with Crippen LogP contribution in [0.3, 0.4) is 0 Å². The number of piperidine rings is 1. The Morgan fingerprint density at radius 1 is 1.33 bits per heavy atom. The molecule has 1 amide bonds. The van der Waals surface area contributed by atoms with Crippen LogP contribution in [0.2, 0.25) is 0 Å². The van der Waals surface area contributed by atoms with Crippen LogP contribution in [0.15, 0.2) is 24.3 Å². The molecule has 1 aromatic carbocycles. The van der Waals surface area contributed by atoms with E-state index in [0.29, 0.717) is 18.2 Å². The SMILES string of the molecule is CN(C(=O)c1cccc(OCC2CCCO2)c1)C1CCNCC1.Cl. The number of hydrogen-bond acceptors (Lipinski definition) is 4. The number of carbonyl (C=O) groups is 1. The van der Waals surface area contributed by atoms with Gasteiger partial charge in [-0.2, -0.15) is 0 Å². The molecule has 0 saturated carbocycles. The molecule has 1 N–H and O–H groups in total. The van der Waals surface area contributed by atoms with E-state index in [1.54, 1.807) is 0 Å². The molecule has 5 nitrogen and oxygen atoms in total. The first-order valence-corrected chi connectivity index (χ1v) is 8.56. The number of benzene rings is 1. The molecule has 0 spiro atoms. The minimum Gasteiger partial charge on any atom is -0.491 e. The molecule has 0 radical (unpaired) electrons. The lowest BCUT2D eigenvalue weighted by atomic mass is 10.0. The number of halogens is 1. The van der Waals surface area contributed by atoms with E-state index in [9.17, 15) is 4.79 Å². The van der Waals surface area contributed by atoms with Crippen molar-refractivity contribution < 1.29 is 14.3 Å². The van der Waals surface area contributed by atoms with E-state index in [0.717, 1.165) is 51.1 Å². The maximum absolute atomic E-state index is 12.7. The third-order valence-corrected chi connectivity index (χ3v) is 4.72. The van der Waals surface area contributed by atoms with E-state index in [2.05, 4.69) is 5.32 Å². The zero-order chi connectivity index (χ0) is 16.1. The van der Waals surface area contributed by atoms with Crippen molar-refractivity contribution in [3.63, 3.8) is 0 Å². The Hall–Kier alpha value is -1.30. The molecule has 2 heterocycles. The lowest BCUT2D eigenvalue weighted by Crippen LogP contribution is -2.43. The lowest BCUT2D eigenvalue weighted by Gasteiger charge is -2.31. The van der Waals surface area contributed by atoms with E-state index in [1.807, 2.05) is 36.2 Å². The molecule has 1 atom stereocenters. The summed E-state index contributed by atoms with van der Waals surface area (Å²) in [6, 6.07) is 7.80. The summed E-state index contributed by atoms with van der Waals surface area (Å²) >= 11 is 0. The van der Waals surface area contributed by atoms with Crippen LogP contribution in [0.1, 0.15) is 36.0 Å². The average Bonchev–Trinajstić information content (AvgIpc) is 3.13. The van der Waals surface area contributed by atoms with Gasteiger partial charge in [0.1, 0.15) is 12.4 Å². The molecule has 24 heavy (non-hydrogen) atoms. The quantitative estimate of drug-likeness (QED) is 0.882. The molecule has 3 rings (SSSR count). The zero-order valence-corrected chi connectivity index (χ0v) is 15.0. The predicted molar refractivity (Wildman–Crippen MR) is 96.1 cm³/mol. The second kappa shape index (κ2) is 9.25. The second-order valence-corrected chi connectivity index (χ2v) is 6.37. The van der Waals surface area contributed by atoms with Crippen molar-refractivity contribution in [3.05, 3.63) is 29.8 Å². The Morgan fingerprint density at radius 3 is 2.83 bits per heavy atom. The fourth-order valence-corrected chi connectivity index (χ4v) is 3.25. The van der Waals surface area contributed by atoms with Gasteiger partial charge in [0, 0.05) is 25.3 Å². The number of nitrogens with zero attached hydrogens (tertiary/aromatic N) is 1. The number of ether oxygens (including phenoxy) is 2. The van der Waals surface area contributed by atoms with Crippen molar-refractivity contribution in [2.75, 3.05) is 33.4 Å². The Labute approximate surface area is 150 Å². The first-order chi connectivity index (χ1) is 11.2. The van der Waals surface area contributed by atoms with Crippen molar-refractivity contribution >= 4 is 18.3 Å². The van der Waals surface area contributed by atoms with Gasteiger partial charge in [-0.1, -0.05) is 6.07 Å². The molecule has 2 saturated heterocycles. The van der Waals surface area contributed by atoms with Gasteiger partial charge in [0.2, 0.25) is 0 Å². The molecule has 2 fully saturated rings. The molecule has 0 bridgehead atoms. The minimum atomic E-state index is 0. The van der Waals surface area contributed by atoms with Gasteiger partial charge in [-0.05, 0) is 57.0 Å². The lowest BCUT2D eigenvalue weighted by molar-refractivity contribution is 0.0673. The molecule has 6 heteroatoms. The van der Waals surface area contributed by atoms with Crippen LogP contribution in [-0.2, 0) is 4.74 Å². The Kier molecular flexibility index (Phi) is 7.34. The van der Waals surface area contributed by atoms with Gasteiger partial charge in [0.25, 0.3) is 5.91 Å². The Bertz CT molecular complexity index is 529. The molecule has 0 aromatic heterocycles. The van der Waals surface area contributed by atoms with Crippen LogP contribution >= 0.6 is 12.4 Å². The molecule has 0 aliphatic carbocycles. The average molecular weight is 355 g/mol. The van der Waals surface area contributed by atoms with Crippen molar-refractivity contribution in [3.8, 4) is 5.75 Å². The largest absolute Gasteiger partial charge is 0.491 e. The molecule has 134 valence electrons. The highest BCUT2D eigenvalue weighted by atomic mass is 35.5. The van der Waals surface area contributed by atoms with Gasteiger partial charge >= 0.3 is 0 Å². The molecule has 2 aliphatic heterocycles. The molecule has 1 aromatic rings. The summed E-state index contributed by atoms with van der Waals surface area (Å²) < 4.78 is 11.4. The van der Waals surface area contributed by atoms with Gasteiger partial charge in [0.15, 0.2) is 0 Å². The molecule has 1 unspecified atom stereocenters. The first kappa shape index (κ1) is 19.0. The van der Waals surface area contributed by atoms with E-state index in [4.69, 9.17) is 9.47 Å².